The number of hydrogen-bond acceptors (Lipinski definition) is 3. The molecule has 0 aliphatic carbocycles. The van der Waals surface area contributed by atoms with Crippen LogP contribution in [0.2, 0.25) is 0 Å². The van der Waals surface area contributed by atoms with E-state index < -0.39 is 17.2 Å². The van der Waals surface area contributed by atoms with Gasteiger partial charge in [-0.15, -0.1) is 0 Å². The molecule has 1 amide bonds. The Morgan fingerprint density at radius 2 is 2.25 bits per heavy atom. The molecular weight excluding hydrogens is 263 g/mol. The highest BCUT2D eigenvalue weighted by Gasteiger charge is 2.40. The fraction of sp³-hybridized carbons (Fsp3) is 0.429. The lowest BCUT2D eigenvalue weighted by Gasteiger charge is -2.25. The predicted octanol–water partition coefficient (Wildman–Crippen LogP) is 1.85. The van der Waals surface area contributed by atoms with Crippen LogP contribution in [0, 0.1) is 11.2 Å². The van der Waals surface area contributed by atoms with Crippen molar-refractivity contribution in [2.24, 2.45) is 5.41 Å². The van der Waals surface area contributed by atoms with E-state index >= 15 is 0 Å². The molecule has 1 saturated heterocycles. The first-order valence-electron chi connectivity index (χ1n) is 6.54. The maximum absolute atomic E-state index is 13.8. The summed E-state index contributed by atoms with van der Waals surface area (Å²) in [6.45, 7) is 3.14. The van der Waals surface area contributed by atoms with E-state index in [0.717, 1.165) is 12.6 Å². The summed E-state index contributed by atoms with van der Waals surface area (Å²) in [6.07, 6.45) is 1.27. The van der Waals surface area contributed by atoms with E-state index in [4.69, 9.17) is 5.11 Å². The molecule has 1 aromatic carbocycles. The zero-order valence-electron chi connectivity index (χ0n) is 11.2. The van der Waals surface area contributed by atoms with Gasteiger partial charge in [0.1, 0.15) is 5.82 Å². The second-order valence-corrected chi connectivity index (χ2v) is 4.98. The van der Waals surface area contributed by atoms with Gasteiger partial charge in [-0.1, -0.05) is 13.0 Å². The van der Waals surface area contributed by atoms with Gasteiger partial charge in [-0.05, 0) is 31.5 Å². The molecule has 1 fully saturated rings. The number of amides is 1. The summed E-state index contributed by atoms with van der Waals surface area (Å²) in [7, 11) is 0. The zero-order chi connectivity index (χ0) is 14.8. The van der Waals surface area contributed by atoms with E-state index in [-0.39, 0.29) is 17.2 Å². The minimum Gasteiger partial charge on any atom is -0.478 e. The van der Waals surface area contributed by atoms with Crippen LogP contribution in [0.3, 0.4) is 0 Å². The van der Waals surface area contributed by atoms with E-state index in [1.807, 2.05) is 6.92 Å². The molecule has 0 saturated carbocycles. The average Bonchev–Trinajstić information content (AvgIpc) is 2.90. The van der Waals surface area contributed by atoms with Crippen molar-refractivity contribution in [3.63, 3.8) is 0 Å². The van der Waals surface area contributed by atoms with Crippen LogP contribution in [0.5, 0.6) is 0 Å². The van der Waals surface area contributed by atoms with Gasteiger partial charge < -0.3 is 15.7 Å². The number of carbonyl (C=O) groups is 2. The summed E-state index contributed by atoms with van der Waals surface area (Å²) in [6, 6.07) is 3.71. The van der Waals surface area contributed by atoms with Crippen LogP contribution in [0.25, 0.3) is 0 Å². The Balaban J connectivity index is 2.30. The number of carbonyl (C=O) groups excluding carboxylic acids is 1. The topological polar surface area (TPSA) is 78.4 Å². The standard InChI is InChI=1S/C14H17FN2O3/c1-2-14(6-7-16-8-14)13(20)17-11-9(12(18)19)4-3-5-10(11)15/h3-5,16H,2,6-8H2,1H3,(H,17,20)(H,18,19). The van der Waals surface area contributed by atoms with Gasteiger partial charge >= 0.3 is 5.97 Å². The lowest BCUT2D eigenvalue weighted by molar-refractivity contribution is -0.124. The third-order valence-corrected chi connectivity index (χ3v) is 3.88. The largest absolute Gasteiger partial charge is 0.478 e. The quantitative estimate of drug-likeness (QED) is 0.786. The number of carboxylic acids is 1. The molecule has 2 rings (SSSR count). The Morgan fingerprint density at radius 3 is 2.80 bits per heavy atom. The number of hydrogen-bond donors (Lipinski definition) is 3. The number of anilines is 1. The molecule has 1 heterocycles. The molecule has 0 aromatic heterocycles. The Kier molecular flexibility index (Phi) is 4.04. The van der Waals surface area contributed by atoms with Gasteiger partial charge in [0.25, 0.3) is 0 Å². The highest BCUT2D eigenvalue weighted by Crippen LogP contribution is 2.32. The molecular formula is C14H17FN2O3. The van der Waals surface area contributed by atoms with Crippen LogP contribution in [-0.4, -0.2) is 30.1 Å². The van der Waals surface area contributed by atoms with Gasteiger partial charge in [0, 0.05) is 6.54 Å². The fourth-order valence-corrected chi connectivity index (χ4v) is 2.48. The van der Waals surface area contributed by atoms with Gasteiger partial charge in [-0.3, -0.25) is 4.79 Å². The summed E-state index contributed by atoms with van der Waals surface area (Å²) in [5.41, 5.74) is -1.10. The van der Waals surface area contributed by atoms with Crippen molar-refractivity contribution in [3.05, 3.63) is 29.6 Å². The Hall–Kier alpha value is -1.95. The van der Waals surface area contributed by atoms with Crippen LogP contribution in [0.15, 0.2) is 18.2 Å². The lowest BCUT2D eigenvalue weighted by Crippen LogP contribution is -2.38. The number of para-hydroxylation sites is 1. The average molecular weight is 280 g/mol. The number of benzene rings is 1. The lowest BCUT2D eigenvalue weighted by atomic mass is 9.83. The second-order valence-electron chi connectivity index (χ2n) is 4.98. The van der Waals surface area contributed by atoms with Gasteiger partial charge in [0.15, 0.2) is 0 Å². The normalized spacial score (nSPS) is 21.7. The highest BCUT2D eigenvalue weighted by atomic mass is 19.1. The molecule has 1 aliphatic heterocycles. The molecule has 1 atom stereocenters. The predicted molar refractivity (Wildman–Crippen MR) is 72.2 cm³/mol. The number of nitrogens with one attached hydrogen (secondary N) is 2. The van der Waals surface area contributed by atoms with E-state index in [2.05, 4.69) is 10.6 Å². The van der Waals surface area contributed by atoms with E-state index in [0.29, 0.717) is 19.4 Å². The minimum atomic E-state index is -1.27. The molecule has 0 bridgehead atoms. The summed E-state index contributed by atoms with van der Waals surface area (Å²) < 4.78 is 13.8. The van der Waals surface area contributed by atoms with Crippen LogP contribution < -0.4 is 10.6 Å². The third-order valence-electron chi connectivity index (χ3n) is 3.88. The molecule has 5 nitrogen and oxygen atoms in total. The smallest absolute Gasteiger partial charge is 0.337 e. The first-order chi connectivity index (χ1) is 9.50. The summed E-state index contributed by atoms with van der Waals surface area (Å²) >= 11 is 0. The van der Waals surface area contributed by atoms with Crippen molar-refractivity contribution >= 4 is 17.6 Å². The third kappa shape index (κ3) is 2.51. The zero-order valence-corrected chi connectivity index (χ0v) is 11.2. The highest BCUT2D eigenvalue weighted by molar-refractivity contribution is 6.02. The van der Waals surface area contributed by atoms with E-state index in [1.165, 1.54) is 12.1 Å². The van der Waals surface area contributed by atoms with Crippen LogP contribution in [0.1, 0.15) is 30.1 Å². The van der Waals surface area contributed by atoms with Crippen molar-refractivity contribution in [3.8, 4) is 0 Å². The van der Waals surface area contributed by atoms with Crippen molar-refractivity contribution in [2.45, 2.75) is 19.8 Å². The van der Waals surface area contributed by atoms with Gasteiger partial charge in [0.2, 0.25) is 5.91 Å². The summed E-state index contributed by atoms with van der Waals surface area (Å²) in [4.78, 5) is 23.5. The number of aromatic carboxylic acids is 1. The number of halogens is 1. The molecule has 3 N–H and O–H groups in total. The molecule has 0 spiro atoms. The van der Waals surface area contributed by atoms with Crippen LogP contribution >= 0.6 is 0 Å². The molecule has 1 aromatic rings. The summed E-state index contributed by atoms with van der Waals surface area (Å²) in [5, 5.41) is 14.6. The minimum absolute atomic E-state index is 0.240. The molecule has 1 aliphatic rings. The molecule has 0 radical (unpaired) electrons. The molecule has 108 valence electrons. The van der Waals surface area contributed by atoms with E-state index in [1.54, 1.807) is 0 Å². The molecule has 6 heteroatoms. The van der Waals surface area contributed by atoms with Crippen LogP contribution in [0.4, 0.5) is 10.1 Å². The summed E-state index contributed by atoms with van der Waals surface area (Å²) in [5.74, 6) is -2.34. The van der Waals surface area contributed by atoms with Gasteiger partial charge in [0.05, 0.1) is 16.7 Å². The number of carboxylic acid groups (broad SMARTS) is 1. The SMILES string of the molecule is CCC1(C(=O)Nc2c(F)cccc2C(=O)O)CCNC1. The number of rotatable bonds is 4. The monoisotopic (exact) mass is 280 g/mol. The van der Waals surface area contributed by atoms with Gasteiger partial charge in [-0.2, -0.15) is 0 Å². The first-order valence-corrected chi connectivity index (χ1v) is 6.54. The van der Waals surface area contributed by atoms with Gasteiger partial charge in [-0.25, -0.2) is 9.18 Å². The van der Waals surface area contributed by atoms with Crippen molar-refractivity contribution in [1.29, 1.82) is 0 Å². The van der Waals surface area contributed by atoms with E-state index in [9.17, 15) is 14.0 Å². The van der Waals surface area contributed by atoms with Crippen LogP contribution in [-0.2, 0) is 4.79 Å². The maximum Gasteiger partial charge on any atom is 0.337 e. The van der Waals surface area contributed by atoms with Crippen molar-refractivity contribution in [2.75, 3.05) is 18.4 Å². The first kappa shape index (κ1) is 14.5. The Morgan fingerprint density at radius 1 is 1.50 bits per heavy atom. The fourth-order valence-electron chi connectivity index (χ4n) is 2.48. The maximum atomic E-state index is 13.8. The second kappa shape index (κ2) is 5.58. The molecule has 1 unspecified atom stereocenters. The van der Waals surface area contributed by atoms with Crippen molar-refractivity contribution in [1.82, 2.24) is 5.32 Å². The Bertz CT molecular complexity index is 539. The molecule has 20 heavy (non-hydrogen) atoms. The Labute approximate surface area is 116 Å². The van der Waals surface area contributed by atoms with Crippen molar-refractivity contribution < 1.29 is 19.1 Å².